The predicted octanol–water partition coefficient (Wildman–Crippen LogP) is 7.43. The SMILES string of the molecule is C=Cc1c2c(n(-c3ccc(Cl)cc3-c3ccccc3)c1/C=C\C)C=CCC2. The van der Waals surface area contributed by atoms with Crippen molar-refractivity contribution < 1.29 is 0 Å². The first kappa shape index (κ1) is 17.6. The van der Waals surface area contributed by atoms with Crippen LogP contribution in [0.15, 0.2) is 67.3 Å². The molecule has 27 heavy (non-hydrogen) atoms. The summed E-state index contributed by atoms with van der Waals surface area (Å²) in [5.41, 5.74) is 8.42. The maximum atomic E-state index is 6.38. The maximum absolute atomic E-state index is 6.38. The van der Waals surface area contributed by atoms with Crippen LogP contribution in [0.1, 0.15) is 35.9 Å². The Labute approximate surface area is 165 Å². The predicted molar refractivity (Wildman–Crippen MR) is 118 cm³/mol. The van der Waals surface area contributed by atoms with Crippen molar-refractivity contribution in [1.29, 1.82) is 0 Å². The Kier molecular flexibility index (Phi) is 4.87. The van der Waals surface area contributed by atoms with E-state index in [1.807, 2.05) is 18.2 Å². The number of halogens is 1. The third-order valence-electron chi connectivity index (χ3n) is 5.04. The van der Waals surface area contributed by atoms with Gasteiger partial charge < -0.3 is 4.57 Å². The van der Waals surface area contributed by atoms with E-state index in [2.05, 4.69) is 78.8 Å². The molecule has 0 bridgehead atoms. The molecule has 134 valence electrons. The second-order valence-electron chi connectivity index (χ2n) is 6.67. The average Bonchev–Trinajstić information content (AvgIpc) is 3.02. The molecule has 0 fully saturated rings. The number of hydrogen-bond donors (Lipinski definition) is 0. The molecule has 0 saturated carbocycles. The van der Waals surface area contributed by atoms with Crippen molar-refractivity contribution >= 4 is 29.8 Å². The third kappa shape index (κ3) is 3.09. The molecule has 4 rings (SSSR count). The lowest BCUT2D eigenvalue weighted by molar-refractivity contribution is 0.956. The summed E-state index contributed by atoms with van der Waals surface area (Å²) in [7, 11) is 0. The number of hydrogen-bond acceptors (Lipinski definition) is 0. The molecule has 1 aliphatic rings. The average molecular weight is 372 g/mol. The van der Waals surface area contributed by atoms with Crippen LogP contribution in [0.2, 0.25) is 5.02 Å². The highest BCUT2D eigenvalue weighted by molar-refractivity contribution is 6.31. The molecule has 0 atom stereocenters. The van der Waals surface area contributed by atoms with Gasteiger partial charge in [-0.25, -0.2) is 0 Å². The molecule has 3 aromatic rings. The minimum absolute atomic E-state index is 0.741. The van der Waals surface area contributed by atoms with Crippen molar-refractivity contribution in [2.75, 3.05) is 0 Å². The first-order chi connectivity index (χ1) is 13.2. The van der Waals surface area contributed by atoms with Gasteiger partial charge in [0.15, 0.2) is 0 Å². The van der Waals surface area contributed by atoms with Gasteiger partial charge in [0.2, 0.25) is 0 Å². The number of fused-ring (bicyclic) bond motifs is 1. The summed E-state index contributed by atoms with van der Waals surface area (Å²) in [4.78, 5) is 0. The number of aromatic nitrogens is 1. The lowest BCUT2D eigenvalue weighted by Gasteiger charge is -2.17. The van der Waals surface area contributed by atoms with Gasteiger partial charge >= 0.3 is 0 Å². The summed E-state index contributed by atoms with van der Waals surface area (Å²) in [5.74, 6) is 0. The number of nitrogens with zero attached hydrogens (tertiary/aromatic N) is 1. The zero-order chi connectivity index (χ0) is 18.8. The van der Waals surface area contributed by atoms with Gasteiger partial charge in [-0.05, 0) is 61.2 Å². The molecule has 1 nitrogen and oxygen atoms in total. The van der Waals surface area contributed by atoms with Gasteiger partial charge in [0.1, 0.15) is 0 Å². The van der Waals surface area contributed by atoms with E-state index in [-0.39, 0.29) is 0 Å². The normalized spacial score (nSPS) is 13.1. The Bertz CT molecular complexity index is 1050. The van der Waals surface area contributed by atoms with Gasteiger partial charge in [0.05, 0.1) is 11.4 Å². The van der Waals surface area contributed by atoms with E-state index in [9.17, 15) is 0 Å². The van der Waals surface area contributed by atoms with E-state index in [4.69, 9.17) is 11.6 Å². The van der Waals surface area contributed by atoms with E-state index >= 15 is 0 Å². The lowest BCUT2D eigenvalue weighted by atomic mass is 9.99. The summed E-state index contributed by atoms with van der Waals surface area (Å²) in [6, 6.07) is 16.6. The van der Waals surface area contributed by atoms with Gasteiger partial charge in [-0.1, -0.05) is 66.7 Å². The van der Waals surface area contributed by atoms with Crippen molar-refractivity contribution in [2.45, 2.75) is 19.8 Å². The standard InChI is InChI=1S/C25H22ClN/c1-3-10-23-20(4-2)21-13-8-9-14-24(21)27(23)25-16-15-19(26)17-22(25)18-11-6-5-7-12-18/h3-7,9-12,14-17H,2,8,13H2,1H3/b10-3-. The largest absolute Gasteiger partial charge is 0.309 e. The first-order valence-corrected chi connectivity index (χ1v) is 9.67. The molecule has 0 spiro atoms. The van der Waals surface area contributed by atoms with Gasteiger partial charge in [-0.2, -0.15) is 0 Å². The molecule has 1 heterocycles. The Morgan fingerprint density at radius 3 is 2.67 bits per heavy atom. The minimum Gasteiger partial charge on any atom is -0.309 e. The van der Waals surface area contributed by atoms with Crippen molar-refractivity contribution in [1.82, 2.24) is 4.57 Å². The third-order valence-corrected chi connectivity index (χ3v) is 5.28. The van der Waals surface area contributed by atoms with Crippen LogP contribution < -0.4 is 0 Å². The van der Waals surface area contributed by atoms with E-state index in [0.717, 1.165) is 34.7 Å². The van der Waals surface area contributed by atoms with Crippen LogP contribution in [-0.4, -0.2) is 4.57 Å². The summed E-state index contributed by atoms with van der Waals surface area (Å²) in [6.07, 6.45) is 12.9. The van der Waals surface area contributed by atoms with Crippen LogP contribution in [0.4, 0.5) is 0 Å². The lowest BCUT2D eigenvalue weighted by Crippen LogP contribution is -2.04. The molecular formula is C25H22ClN. The topological polar surface area (TPSA) is 4.93 Å². The van der Waals surface area contributed by atoms with Crippen LogP contribution in [0, 0.1) is 0 Å². The molecule has 0 aliphatic heterocycles. The zero-order valence-corrected chi connectivity index (χ0v) is 16.2. The van der Waals surface area contributed by atoms with E-state index in [0.29, 0.717) is 0 Å². The second kappa shape index (κ2) is 7.46. The molecule has 0 amide bonds. The summed E-state index contributed by atoms with van der Waals surface area (Å²) < 4.78 is 2.35. The fraction of sp³-hybridized carbons (Fsp3) is 0.120. The van der Waals surface area contributed by atoms with Gasteiger partial charge in [-0.15, -0.1) is 0 Å². The van der Waals surface area contributed by atoms with Crippen molar-refractivity contribution in [2.24, 2.45) is 0 Å². The van der Waals surface area contributed by atoms with Crippen LogP contribution >= 0.6 is 11.6 Å². The molecular weight excluding hydrogens is 350 g/mol. The quantitative estimate of drug-likeness (QED) is 0.449. The van der Waals surface area contributed by atoms with Crippen molar-refractivity contribution in [3.05, 3.63) is 94.8 Å². The van der Waals surface area contributed by atoms with Gasteiger partial charge in [0, 0.05) is 21.8 Å². The Balaban J connectivity index is 2.08. The zero-order valence-electron chi connectivity index (χ0n) is 15.5. The van der Waals surface area contributed by atoms with E-state index < -0.39 is 0 Å². The molecule has 0 saturated heterocycles. The van der Waals surface area contributed by atoms with Gasteiger partial charge in [0.25, 0.3) is 0 Å². The molecule has 0 N–H and O–H groups in total. The van der Waals surface area contributed by atoms with Crippen LogP contribution in [0.5, 0.6) is 0 Å². The molecule has 0 unspecified atom stereocenters. The number of benzene rings is 2. The summed E-state index contributed by atoms with van der Waals surface area (Å²) >= 11 is 6.38. The highest BCUT2D eigenvalue weighted by Crippen LogP contribution is 2.38. The highest BCUT2D eigenvalue weighted by Gasteiger charge is 2.22. The molecule has 1 aromatic heterocycles. The summed E-state index contributed by atoms with van der Waals surface area (Å²) in [5, 5.41) is 0.741. The first-order valence-electron chi connectivity index (χ1n) is 9.29. The summed E-state index contributed by atoms with van der Waals surface area (Å²) in [6.45, 7) is 6.15. The minimum atomic E-state index is 0.741. The van der Waals surface area contributed by atoms with Crippen LogP contribution in [0.3, 0.4) is 0 Å². The van der Waals surface area contributed by atoms with Crippen molar-refractivity contribution in [3.8, 4) is 16.8 Å². The van der Waals surface area contributed by atoms with E-state index in [1.165, 1.54) is 22.5 Å². The second-order valence-corrected chi connectivity index (χ2v) is 7.11. The Morgan fingerprint density at radius 1 is 1.11 bits per heavy atom. The van der Waals surface area contributed by atoms with Gasteiger partial charge in [-0.3, -0.25) is 0 Å². The molecule has 0 radical (unpaired) electrons. The smallest absolute Gasteiger partial charge is 0.0541 e. The fourth-order valence-electron chi connectivity index (χ4n) is 3.90. The van der Waals surface area contributed by atoms with Crippen LogP contribution in [0.25, 0.3) is 35.0 Å². The fourth-order valence-corrected chi connectivity index (χ4v) is 4.07. The Morgan fingerprint density at radius 2 is 1.93 bits per heavy atom. The van der Waals surface area contributed by atoms with Crippen LogP contribution in [-0.2, 0) is 6.42 Å². The Hall–Kier alpha value is -2.77. The number of rotatable bonds is 4. The molecule has 1 aliphatic carbocycles. The molecule has 2 heteroatoms. The highest BCUT2D eigenvalue weighted by atomic mass is 35.5. The maximum Gasteiger partial charge on any atom is 0.0541 e. The van der Waals surface area contributed by atoms with E-state index in [1.54, 1.807) is 0 Å². The monoisotopic (exact) mass is 371 g/mol. The number of allylic oxidation sites excluding steroid dienone is 2. The molecule has 2 aromatic carbocycles. The van der Waals surface area contributed by atoms with Crippen molar-refractivity contribution in [3.63, 3.8) is 0 Å².